The summed E-state index contributed by atoms with van der Waals surface area (Å²) < 4.78 is 1.23. The van der Waals surface area contributed by atoms with Gasteiger partial charge in [-0.3, -0.25) is 0 Å². The highest BCUT2D eigenvalue weighted by Crippen LogP contribution is 2.37. The molecule has 0 bridgehead atoms. The van der Waals surface area contributed by atoms with E-state index in [9.17, 15) is 0 Å². The molecule has 136 valence electrons. The van der Waals surface area contributed by atoms with Crippen LogP contribution in [0.1, 0.15) is 0 Å². The summed E-state index contributed by atoms with van der Waals surface area (Å²) in [6, 6.07) is 36.7. The van der Waals surface area contributed by atoms with Crippen LogP contribution in [0.2, 0.25) is 0 Å². The van der Waals surface area contributed by atoms with Crippen LogP contribution in [0.3, 0.4) is 0 Å². The summed E-state index contributed by atoms with van der Waals surface area (Å²) in [4.78, 5) is 4.80. The molecule has 0 aliphatic heterocycles. The number of nitrogens with zero attached hydrogens (tertiary/aromatic N) is 1. The van der Waals surface area contributed by atoms with Gasteiger partial charge in [-0.2, -0.15) is 0 Å². The van der Waals surface area contributed by atoms with Crippen molar-refractivity contribution in [3.05, 3.63) is 103 Å². The van der Waals surface area contributed by atoms with Crippen molar-refractivity contribution in [3.63, 3.8) is 0 Å². The van der Waals surface area contributed by atoms with Crippen LogP contribution in [-0.4, -0.2) is 4.98 Å². The molecular formula is C27H17NS. The third kappa shape index (κ3) is 2.72. The van der Waals surface area contributed by atoms with E-state index in [0.29, 0.717) is 0 Å². The van der Waals surface area contributed by atoms with Gasteiger partial charge in [0.2, 0.25) is 0 Å². The summed E-state index contributed by atoms with van der Waals surface area (Å²) >= 11 is 1.75. The molecule has 0 saturated carbocycles. The molecule has 2 heteroatoms. The lowest BCUT2D eigenvalue weighted by atomic mass is 9.92. The van der Waals surface area contributed by atoms with Crippen LogP contribution in [0.15, 0.2) is 103 Å². The second-order valence-electron chi connectivity index (χ2n) is 7.26. The molecule has 0 N–H and O–H groups in total. The van der Waals surface area contributed by atoms with Gasteiger partial charge in [-0.15, -0.1) is 11.3 Å². The van der Waals surface area contributed by atoms with Crippen LogP contribution < -0.4 is 0 Å². The van der Waals surface area contributed by atoms with Gasteiger partial charge < -0.3 is 0 Å². The van der Waals surface area contributed by atoms with Gasteiger partial charge in [0.1, 0.15) is 5.01 Å². The molecule has 0 amide bonds. The first-order valence-electron chi connectivity index (χ1n) is 9.74. The zero-order valence-electron chi connectivity index (χ0n) is 15.7. The standard InChI is InChI=1S/C27H17NS/c1-3-9-22-20(7-1)17-21-8-2-4-10-23(21)26(22)18-13-15-19(16-14-18)27-28-24-11-5-6-12-25(24)29-27/h1-17H. The number of benzene rings is 5. The van der Waals surface area contributed by atoms with Crippen LogP contribution in [-0.2, 0) is 0 Å². The quantitative estimate of drug-likeness (QED) is 0.275. The van der Waals surface area contributed by atoms with Crippen molar-refractivity contribution >= 4 is 43.1 Å². The second-order valence-corrected chi connectivity index (χ2v) is 8.29. The monoisotopic (exact) mass is 387 g/mol. The SMILES string of the molecule is c1ccc2c(-c3ccc(-c4nc5ccccc5s4)cc3)c3ccccc3cc2c1. The fourth-order valence-corrected chi connectivity index (χ4v) is 5.07. The minimum atomic E-state index is 1.07. The van der Waals surface area contributed by atoms with Gasteiger partial charge in [-0.25, -0.2) is 4.98 Å². The lowest BCUT2D eigenvalue weighted by Crippen LogP contribution is -1.86. The molecule has 6 aromatic rings. The predicted molar refractivity (Wildman–Crippen MR) is 126 cm³/mol. The molecule has 1 aromatic heterocycles. The molecule has 0 aliphatic carbocycles. The Morgan fingerprint density at radius 2 is 1.14 bits per heavy atom. The Bertz CT molecular complexity index is 1410. The van der Waals surface area contributed by atoms with E-state index in [4.69, 9.17) is 4.98 Å². The first-order chi connectivity index (χ1) is 14.4. The van der Waals surface area contributed by atoms with E-state index in [0.717, 1.165) is 10.5 Å². The fourth-order valence-electron chi connectivity index (χ4n) is 4.10. The maximum atomic E-state index is 4.80. The normalized spacial score (nSPS) is 11.4. The highest BCUT2D eigenvalue weighted by atomic mass is 32.1. The number of fused-ring (bicyclic) bond motifs is 3. The van der Waals surface area contributed by atoms with Crippen molar-refractivity contribution in [2.75, 3.05) is 0 Å². The Morgan fingerprint density at radius 3 is 1.83 bits per heavy atom. The van der Waals surface area contributed by atoms with Gasteiger partial charge >= 0.3 is 0 Å². The van der Waals surface area contributed by atoms with Crippen molar-refractivity contribution in [2.45, 2.75) is 0 Å². The van der Waals surface area contributed by atoms with E-state index >= 15 is 0 Å². The largest absolute Gasteiger partial charge is 0.236 e. The average molecular weight is 388 g/mol. The van der Waals surface area contributed by atoms with Crippen LogP contribution in [0.4, 0.5) is 0 Å². The number of hydrogen-bond acceptors (Lipinski definition) is 2. The van der Waals surface area contributed by atoms with Crippen LogP contribution >= 0.6 is 11.3 Å². The Kier molecular flexibility index (Phi) is 3.71. The second kappa shape index (κ2) is 6.54. The maximum Gasteiger partial charge on any atom is 0.124 e. The first-order valence-corrected chi connectivity index (χ1v) is 10.6. The third-order valence-electron chi connectivity index (χ3n) is 5.49. The Labute approximate surface area is 172 Å². The van der Waals surface area contributed by atoms with Crippen molar-refractivity contribution in [1.29, 1.82) is 0 Å². The number of rotatable bonds is 2. The Morgan fingerprint density at radius 1 is 0.552 bits per heavy atom. The smallest absolute Gasteiger partial charge is 0.124 e. The van der Waals surface area contributed by atoms with E-state index in [2.05, 4.69) is 97.1 Å². The number of aromatic nitrogens is 1. The predicted octanol–water partition coefficient (Wildman–Crippen LogP) is 7.94. The molecular weight excluding hydrogens is 370 g/mol. The summed E-state index contributed by atoms with van der Waals surface area (Å²) in [6.45, 7) is 0. The zero-order valence-corrected chi connectivity index (χ0v) is 16.5. The molecule has 0 aliphatic rings. The molecule has 0 spiro atoms. The van der Waals surface area contributed by atoms with Gasteiger partial charge in [0.15, 0.2) is 0 Å². The van der Waals surface area contributed by atoms with Gasteiger partial charge in [-0.1, -0.05) is 84.9 Å². The summed E-state index contributed by atoms with van der Waals surface area (Å²) in [5.74, 6) is 0. The summed E-state index contributed by atoms with van der Waals surface area (Å²) in [6.07, 6.45) is 0. The van der Waals surface area contributed by atoms with Gasteiger partial charge in [0.05, 0.1) is 10.2 Å². The van der Waals surface area contributed by atoms with Crippen LogP contribution in [0, 0.1) is 0 Å². The topological polar surface area (TPSA) is 12.9 Å². The lowest BCUT2D eigenvalue weighted by Gasteiger charge is -2.12. The minimum absolute atomic E-state index is 1.07. The summed E-state index contributed by atoms with van der Waals surface area (Å²) in [5, 5.41) is 6.20. The highest BCUT2D eigenvalue weighted by molar-refractivity contribution is 7.21. The Hall–Kier alpha value is -3.49. The molecule has 0 atom stereocenters. The van der Waals surface area contributed by atoms with E-state index < -0.39 is 0 Å². The van der Waals surface area contributed by atoms with Gasteiger partial charge in [-0.05, 0) is 50.9 Å². The number of para-hydroxylation sites is 1. The third-order valence-corrected chi connectivity index (χ3v) is 6.57. The molecule has 1 heterocycles. The molecule has 0 unspecified atom stereocenters. The van der Waals surface area contributed by atoms with Crippen LogP contribution in [0.25, 0.3) is 53.5 Å². The van der Waals surface area contributed by atoms with Gasteiger partial charge in [0.25, 0.3) is 0 Å². The van der Waals surface area contributed by atoms with Gasteiger partial charge in [0, 0.05) is 5.56 Å². The number of thiazole rings is 1. The van der Waals surface area contributed by atoms with Crippen molar-refractivity contribution < 1.29 is 0 Å². The van der Waals surface area contributed by atoms with Crippen molar-refractivity contribution in [1.82, 2.24) is 4.98 Å². The Balaban J connectivity index is 1.54. The molecule has 5 aromatic carbocycles. The zero-order chi connectivity index (χ0) is 19.2. The van der Waals surface area contributed by atoms with Crippen molar-refractivity contribution in [3.8, 4) is 21.7 Å². The van der Waals surface area contributed by atoms with E-state index in [1.54, 1.807) is 11.3 Å². The molecule has 0 fully saturated rings. The first kappa shape index (κ1) is 16.5. The van der Waals surface area contributed by atoms with E-state index in [1.807, 2.05) is 6.07 Å². The number of hydrogen-bond donors (Lipinski definition) is 0. The summed E-state index contributed by atoms with van der Waals surface area (Å²) in [5.41, 5.74) is 4.77. The molecule has 0 saturated heterocycles. The average Bonchev–Trinajstić information content (AvgIpc) is 3.22. The summed E-state index contributed by atoms with van der Waals surface area (Å²) in [7, 11) is 0. The maximum absolute atomic E-state index is 4.80. The van der Waals surface area contributed by atoms with E-state index in [1.165, 1.54) is 42.9 Å². The fraction of sp³-hybridized carbons (Fsp3) is 0. The van der Waals surface area contributed by atoms with Crippen molar-refractivity contribution in [2.24, 2.45) is 0 Å². The molecule has 6 rings (SSSR count). The minimum Gasteiger partial charge on any atom is -0.236 e. The van der Waals surface area contributed by atoms with E-state index in [-0.39, 0.29) is 0 Å². The molecule has 1 nitrogen and oxygen atoms in total. The molecule has 0 radical (unpaired) electrons. The van der Waals surface area contributed by atoms with Crippen LogP contribution in [0.5, 0.6) is 0 Å². The molecule has 29 heavy (non-hydrogen) atoms. The highest BCUT2D eigenvalue weighted by Gasteiger charge is 2.11. The lowest BCUT2D eigenvalue weighted by molar-refractivity contribution is 1.48.